The Kier molecular flexibility index (Phi) is 3.57. The third-order valence-electron chi connectivity index (χ3n) is 2.67. The maximum Gasteiger partial charge on any atom is 0.259 e. The monoisotopic (exact) mass is 326 g/mol. The zero-order valence-electron chi connectivity index (χ0n) is 10.4. The minimum Gasteiger partial charge on any atom is -0.394 e. The summed E-state index contributed by atoms with van der Waals surface area (Å²) in [5.41, 5.74) is 6.71. The summed E-state index contributed by atoms with van der Waals surface area (Å²) in [5, 5.41) is 6.63. The Morgan fingerprint density at radius 3 is 2.79 bits per heavy atom. The van der Waals surface area contributed by atoms with Crippen molar-refractivity contribution in [2.75, 3.05) is 11.1 Å². The number of nitrogens with zero attached hydrogens (tertiary/aromatic N) is 2. The quantitative estimate of drug-likeness (QED) is 0.890. The zero-order chi connectivity index (χ0) is 14.2. The van der Waals surface area contributed by atoms with E-state index in [9.17, 15) is 9.18 Å². The SMILES string of the molecule is Cc1nn(C)c(NC(=O)c2cc(Br)ccc2F)c1N. The lowest BCUT2D eigenvalue weighted by molar-refractivity contribution is 0.102. The maximum absolute atomic E-state index is 13.6. The average Bonchev–Trinajstić information content (AvgIpc) is 2.59. The third-order valence-corrected chi connectivity index (χ3v) is 3.17. The number of nitrogens with one attached hydrogen (secondary N) is 1. The van der Waals surface area contributed by atoms with Crippen molar-refractivity contribution in [1.82, 2.24) is 9.78 Å². The molecule has 0 aliphatic heterocycles. The first-order chi connectivity index (χ1) is 8.90. The van der Waals surface area contributed by atoms with E-state index in [0.29, 0.717) is 21.7 Å². The summed E-state index contributed by atoms with van der Waals surface area (Å²) in [6, 6.07) is 4.15. The number of halogens is 2. The second-order valence-electron chi connectivity index (χ2n) is 4.05. The molecule has 0 bridgehead atoms. The van der Waals surface area contributed by atoms with Crippen LogP contribution < -0.4 is 11.1 Å². The van der Waals surface area contributed by atoms with Gasteiger partial charge in [0.2, 0.25) is 0 Å². The van der Waals surface area contributed by atoms with E-state index in [0.717, 1.165) is 0 Å². The molecule has 5 nitrogen and oxygen atoms in total. The van der Waals surface area contributed by atoms with Gasteiger partial charge in [-0.3, -0.25) is 9.48 Å². The Morgan fingerprint density at radius 1 is 1.53 bits per heavy atom. The van der Waals surface area contributed by atoms with Crippen LogP contribution in [0.15, 0.2) is 22.7 Å². The highest BCUT2D eigenvalue weighted by Gasteiger charge is 2.17. The van der Waals surface area contributed by atoms with E-state index in [-0.39, 0.29) is 5.56 Å². The van der Waals surface area contributed by atoms with E-state index in [1.54, 1.807) is 14.0 Å². The van der Waals surface area contributed by atoms with Gasteiger partial charge in [-0.2, -0.15) is 5.10 Å². The molecule has 0 fully saturated rings. The van der Waals surface area contributed by atoms with Crippen LogP contribution in [0.1, 0.15) is 16.1 Å². The summed E-state index contributed by atoms with van der Waals surface area (Å²) in [6.45, 7) is 1.73. The number of amides is 1. The molecule has 2 rings (SSSR count). The first-order valence-corrected chi connectivity index (χ1v) is 6.25. The van der Waals surface area contributed by atoms with Crippen molar-refractivity contribution in [2.24, 2.45) is 7.05 Å². The first-order valence-electron chi connectivity index (χ1n) is 5.45. The van der Waals surface area contributed by atoms with Gasteiger partial charge in [0.15, 0.2) is 5.82 Å². The molecule has 1 amide bonds. The molecule has 0 saturated heterocycles. The number of rotatable bonds is 2. The summed E-state index contributed by atoms with van der Waals surface area (Å²) in [7, 11) is 1.65. The van der Waals surface area contributed by atoms with Crippen molar-refractivity contribution in [3.63, 3.8) is 0 Å². The van der Waals surface area contributed by atoms with Crippen LogP contribution in [-0.2, 0) is 7.05 Å². The summed E-state index contributed by atoms with van der Waals surface area (Å²) in [4.78, 5) is 12.0. The standard InChI is InChI=1S/C12H12BrFN4O/c1-6-10(15)11(18(2)17-6)16-12(19)8-5-7(13)3-4-9(8)14/h3-5H,15H2,1-2H3,(H,16,19). The molecule has 0 saturated carbocycles. The van der Waals surface area contributed by atoms with Gasteiger partial charge in [0, 0.05) is 11.5 Å². The van der Waals surface area contributed by atoms with Crippen molar-refractivity contribution >= 4 is 33.3 Å². The minimum absolute atomic E-state index is 0.0624. The lowest BCUT2D eigenvalue weighted by Gasteiger charge is -2.07. The van der Waals surface area contributed by atoms with Crippen molar-refractivity contribution in [3.8, 4) is 0 Å². The van der Waals surface area contributed by atoms with Crippen molar-refractivity contribution in [1.29, 1.82) is 0 Å². The second kappa shape index (κ2) is 5.00. The molecule has 1 heterocycles. The van der Waals surface area contributed by atoms with E-state index >= 15 is 0 Å². The Balaban J connectivity index is 2.33. The number of hydrogen-bond donors (Lipinski definition) is 2. The van der Waals surface area contributed by atoms with Crippen molar-refractivity contribution in [3.05, 3.63) is 39.7 Å². The predicted molar refractivity (Wildman–Crippen MR) is 74.4 cm³/mol. The molecular formula is C12H12BrFN4O. The summed E-state index contributed by atoms with van der Waals surface area (Å²) in [5.74, 6) is -0.825. The molecule has 0 aliphatic carbocycles. The topological polar surface area (TPSA) is 72.9 Å². The number of nitrogen functional groups attached to an aromatic ring is 1. The van der Waals surface area contributed by atoms with Gasteiger partial charge in [-0.25, -0.2) is 4.39 Å². The number of carbonyl (C=O) groups excluding carboxylic acids is 1. The summed E-state index contributed by atoms with van der Waals surface area (Å²) in [6.07, 6.45) is 0. The Morgan fingerprint density at radius 2 is 2.21 bits per heavy atom. The molecule has 7 heteroatoms. The molecule has 1 aromatic carbocycles. The molecule has 1 aromatic heterocycles. The molecule has 0 unspecified atom stereocenters. The van der Waals surface area contributed by atoms with Gasteiger partial charge in [-0.15, -0.1) is 0 Å². The first kappa shape index (κ1) is 13.5. The molecular weight excluding hydrogens is 315 g/mol. The molecule has 0 atom stereocenters. The number of hydrogen-bond acceptors (Lipinski definition) is 3. The number of aryl methyl sites for hydroxylation is 2. The highest BCUT2D eigenvalue weighted by molar-refractivity contribution is 9.10. The number of carbonyl (C=O) groups is 1. The van der Waals surface area contributed by atoms with Crippen LogP contribution >= 0.6 is 15.9 Å². The summed E-state index contributed by atoms with van der Waals surface area (Å²) >= 11 is 3.19. The number of aromatic nitrogens is 2. The lowest BCUT2D eigenvalue weighted by atomic mass is 10.2. The molecule has 0 aliphatic rings. The Bertz CT molecular complexity index is 653. The minimum atomic E-state index is -0.599. The van der Waals surface area contributed by atoms with Crippen LogP contribution in [-0.4, -0.2) is 15.7 Å². The largest absolute Gasteiger partial charge is 0.394 e. The van der Waals surface area contributed by atoms with Crippen LogP contribution in [0.4, 0.5) is 15.9 Å². The normalized spacial score (nSPS) is 10.5. The molecule has 19 heavy (non-hydrogen) atoms. The van der Waals surface area contributed by atoms with E-state index in [2.05, 4.69) is 26.3 Å². The molecule has 3 N–H and O–H groups in total. The maximum atomic E-state index is 13.6. The van der Waals surface area contributed by atoms with Gasteiger partial charge in [0.25, 0.3) is 5.91 Å². The van der Waals surface area contributed by atoms with Gasteiger partial charge < -0.3 is 11.1 Å². The Hall–Kier alpha value is -1.89. The van der Waals surface area contributed by atoms with Crippen LogP contribution in [0.5, 0.6) is 0 Å². The van der Waals surface area contributed by atoms with E-state index in [1.165, 1.54) is 22.9 Å². The van der Waals surface area contributed by atoms with Gasteiger partial charge in [0.1, 0.15) is 5.82 Å². The number of benzene rings is 1. The van der Waals surface area contributed by atoms with Crippen LogP contribution in [0.2, 0.25) is 0 Å². The number of nitrogens with two attached hydrogens (primary N) is 1. The van der Waals surface area contributed by atoms with E-state index < -0.39 is 11.7 Å². The van der Waals surface area contributed by atoms with E-state index in [4.69, 9.17) is 5.73 Å². The highest BCUT2D eigenvalue weighted by Crippen LogP contribution is 2.23. The Labute approximate surface area is 117 Å². The lowest BCUT2D eigenvalue weighted by Crippen LogP contribution is -2.17. The van der Waals surface area contributed by atoms with E-state index in [1.807, 2.05) is 0 Å². The van der Waals surface area contributed by atoms with Crippen LogP contribution in [0.3, 0.4) is 0 Å². The van der Waals surface area contributed by atoms with Crippen LogP contribution in [0.25, 0.3) is 0 Å². The number of anilines is 2. The van der Waals surface area contributed by atoms with Gasteiger partial charge in [0.05, 0.1) is 16.9 Å². The fourth-order valence-electron chi connectivity index (χ4n) is 1.67. The third kappa shape index (κ3) is 2.60. The predicted octanol–water partition coefficient (Wildman–Crippen LogP) is 2.46. The average molecular weight is 327 g/mol. The molecule has 0 spiro atoms. The van der Waals surface area contributed by atoms with Gasteiger partial charge in [-0.05, 0) is 25.1 Å². The van der Waals surface area contributed by atoms with Gasteiger partial charge >= 0.3 is 0 Å². The second-order valence-corrected chi connectivity index (χ2v) is 4.97. The smallest absolute Gasteiger partial charge is 0.259 e. The summed E-state index contributed by atoms with van der Waals surface area (Å²) < 4.78 is 15.7. The van der Waals surface area contributed by atoms with Crippen LogP contribution in [0, 0.1) is 12.7 Å². The fraction of sp³-hybridized carbons (Fsp3) is 0.167. The van der Waals surface area contributed by atoms with Gasteiger partial charge in [-0.1, -0.05) is 15.9 Å². The zero-order valence-corrected chi connectivity index (χ0v) is 12.0. The van der Waals surface area contributed by atoms with Crippen molar-refractivity contribution < 1.29 is 9.18 Å². The highest BCUT2D eigenvalue weighted by atomic mass is 79.9. The molecule has 100 valence electrons. The fourth-order valence-corrected chi connectivity index (χ4v) is 2.03. The molecule has 2 aromatic rings. The van der Waals surface area contributed by atoms with Crippen molar-refractivity contribution in [2.45, 2.75) is 6.92 Å². The molecule has 0 radical (unpaired) electrons.